The van der Waals surface area contributed by atoms with Crippen LogP contribution in [0, 0.1) is 5.82 Å². The number of primary amides is 1. The average Bonchev–Trinajstić information content (AvgIpc) is 3.67. The first-order valence-corrected chi connectivity index (χ1v) is 15.8. The third-order valence-corrected chi connectivity index (χ3v) is 9.25. The molecular weight excluding hydrogens is 655 g/mol. The number of ether oxygens (including phenoxy) is 1. The Hall–Kier alpha value is -4.86. The molecule has 3 N–H and O–H groups in total. The number of halogens is 5. The van der Waals surface area contributed by atoms with Crippen LogP contribution in [-0.2, 0) is 20.5 Å². The number of fused-ring (bicyclic) bond motifs is 1. The lowest BCUT2D eigenvalue weighted by atomic mass is 9.80. The van der Waals surface area contributed by atoms with E-state index in [2.05, 4.69) is 5.32 Å². The molecular formula is C33H33F5N6O5. The van der Waals surface area contributed by atoms with Crippen LogP contribution >= 0.6 is 0 Å². The van der Waals surface area contributed by atoms with E-state index in [0.717, 1.165) is 35.2 Å². The van der Waals surface area contributed by atoms with Gasteiger partial charge in [-0.3, -0.25) is 24.1 Å². The highest BCUT2D eigenvalue weighted by Crippen LogP contribution is 2.45. The molecule has 3 aliphatic heterocycles. The summed E-state index contributed by atoms with van der Waals surface area (Å²) < 4.78 is 76.7. The van der Waals surface area contributed by atoms with Crippen LogP contribution in [0.3, 0.4) is 0 Å². The molecule has 260 valence electrons. The Kier molecular flexibility index (Phi) is 9.17. The van der Waals surface area contributed by atoms with Gasteiger partial charge in [0.25, 0.3) is 17.7 Å². The van der Waals surface area contributed by atoms with Gasteiger partial charge >= 0.3 is 6.18 Å². The minimum atomic E-state index is -4.74. The standard InChI is InChI=1S/C33H33F5N6O5/c1-2-42-30-24(26(41-44(30)21-11-14-49-15-12-21)32(48)43-13-10-22(35)27(43)28(39)45)23(17-6-8-20(34)9-7-17)25(31(42)47)40-29(46)18-4-3-5-19(16-18)33(36,37)38/h3-9,16,21-23,25,27H,2,10-15H2,1H3,(H2,39,45)(H,40,46)/t22-,23-,25-,27-/m0/s1. The van der Waals surface area contributed by atoms with Crippen LogP contribution in [0.25, 0.3) is 0 Å². The number of carbonyl (C=O) groups excluding carboxylic acids is 4. The molecule has 11 nitrogen and oxygen atoms in total. The SMILES string of the molecule is CCN1C(=O)[C@@H](NC(=O)c2cccc(C(F)(F)F)c2)[C@@H](c2ccc(F)cc2)c2c(C(=O)N3CC[C@H](F)[C@H]3C(N)=O)nn(C3CCOCC3)c21. The number of likely N-dealkylation sites (N-methyl/N-ethyl adjacent to an activating group) is 1. The maximum absolute atomic E-state index is 14.9. The van der Waals surface area contributed by atoms with E-state index in [-0.39, 0.29) is 53.8 Å². The van der Waals surface area contributed by atoms with Gasteiger partial charge in [-0.1, -0.05) is 18.2 Å². The minimum Gasteiger partial charge on any atom is -0.381 e. The van der Waals surface area contributed by atoms with Crippen LogP contribution in [0.2, 0.25) is 0 Å². The Morgan fingerprint density at radius 2 is 1.76 bits per heavy atom. The molecule has 2 fully saturated rings. The fraction of sp³-hybridized carbons (Fsp3) is 0.424. The molecule has 3 aliphatic rings. The Morgan fingerprint density at radius 3 is 2.39 bits per heavy atom. The fourth-order valence-electron chi connectivity index (χ4n) is 6.91. The summed E-state index contributed by atoms with van der Waals surface area (Å²) >= 11 is 0. The molecule has 4 heterocycles. The van der Waals surface area contributed by atoms with Gasteiger partial charge in [-0.25, -0.2) is 13.5 Å². The first kappa shape index (κ1) is 34.0. The van der Waals surface area contributed by atoms with Crippen molar-refractivity contribution in [3.8, 4) is 0 Å². The van der Waals surface area contributed by atoms with Crippen molar-refractivity contribution in [2.45, 2.75) is 62.6 Å². The first-order valence-electron chi connectivity index (χ1n) is 15.8. The van der Waals surface area contributed by atoms with Crippen LogP contribution < -0.4 is 16.0 Å². The zero-order valence-electron chi connectivity index (χ0n) is 26.3. The molecule has 0 unspecified atom stereocenters. The normalized spacial score (nSPS) is 23.0. The summed E-state index contributed by atoms with van der Waals surface area (Å²) in [6, 6.07) is 5.21. The summed E-state index contributed by atoms with van der Waals surface area (Å²) in [6.45, 7) is 2.25. The van der Waals surface area contributed by atoms with Gasteiger partial charge in [-0.05, 0) is 62.1 Å². The van der Waals surface area contributed by atoms with E-state index in [1.165, 1.54) is 21.7 Å². The summed E-state index contributed by atoms with van der Waals surface area (Å²) in [4.78, 5) is 57.0. The zero-order chi connectivity index (χ0) is 35.2. The van der Waals surface area contributed by atoms with Crippen molar-refractivity contribution >= 4 is 29.4 Å². The smallest absolute Gasteiger partial charge is 0.381 e. The highest BCUT2D eigenvalue weighted by molar-refractivity contribution is 6.08. The number of alkyl halides is 4. The Bertz CT molecular complexity index is 1770. The van der Waals surface area contributed by atoms with Crippen molar-refractivity contribution in [3.05, 3.63) is 82.3 Å². The second-order valence-electron chi connectivity index (χ2n) is 12.2. The molecule has 4 atom stereocenters. The van der Waals surface area contributed by atoms with E-state index in [9.17, 15) is 41.1 Å². The molecule has 0 bridgehead atoms. The van der Waals surface area contributed by atoms with Gasteiger partial charge in [-0.2, -0.15) is 18.3 Å². The molecule has 0 radical (unpaired) electrons. The fourth-order valence-corrected chi connectivity index (χ4v) is 6.91. The van der Waals surface area contributed by atoms with Crippen molar-refractivity contribution in [1.29, 1.82) is 0 Å². The summed E-state index contributed by atoms with van der Waals surface area (Å²) in [7, 11) is 0. The highest BCUT2D eigenvalue weighted by atomic mass is 19.4. The Balaban J connectivity index is 1.54. The number of hydrogen-bond acceptors (Lipinski definition) is 6. The number of carbonyl (C=O) groups is 4. The molecule has 0 aliphatic carbocycles. The van der Waals surface area contributed by atoms with Crippen molar-refractivity contribution in [1.82, 2.24) is 20.0 Å². The maximum atomic E-state index is 14.9. The molecule has 6 rings (SSSR count). The summed E-state index contributed by atoms with van der Waals surface area (Å²) in [6.07, 6.45) is -5.70. The largest absolute Gasteiger partial charge is 0.416 e. The number of likely N-dealkylation sites (tertiary alicyclic amines) is 1. The zero-order valence-corrected chi connectivity index (χ0v) is 26.3. The van der Waals surface area contributed by atoms with Gasteiger partial charge in [0, 0.05) is 43.3 Å². The number of nitrogens with one attached hydrogen (secondary N) is 1. The topological polar surface area (TPSA) is 140 Å². The monoisotopic (exact) mass is 688 g/mol. The van der Waals surface area contributed by atoms with Gasteiger partial charge in [0.05, 0.1) is 11.6 Å². The van der Waals surface area contributed by atoms with Crippen LogP contribution in [0.5, 0.6) is 0 Å². The van der Waals surface area contributed by atoms with Crippen LogP contribution in [0.4, 0.5) is 27.8 Å². The number of amides is 4. The number of aromatic nitrogens is 2. The predicted octanol–water partition coefficient (Wildman–Crippen LogP) is 3.73. The molecule has 0 spiro atoms. The third kappa shape index (κ3) is 6.24. The lowest BCUT2D eigenvalue weighted by Crippen LogP contribution is -2.56. The van der Waals surface area contributed by atoms with Gasteiger partial charge in [0.2, 0.25) is 5.91 Å². The van der Waals surface area contributed by atoms with Crippen LogP contribution in [0.1, 0.15) is 75.7 Å². The second kappa shape index (κ2) is 13.2. The Morgan fingerprint density at radius 1 is 1.06 bits per heavy atom. The second-order valence-corrected chi connectivity index (χ2v) is 12.2. The summed E-state index contributed by atoms with van der Waals surface area (Å²) in [5, 5.41) is 7.29. The quantitative estimate of drug-likeness (QED) is 0.363. The van der Waals surface area contributed by atoms with E-state index < -0.39 is 65.4 Å². The van der Waals surface area contributed by atoms with Crippen LogP contribution in [0.15, 0.2) is 48.5 Å². The highest BCUT2D eigenvalue weighted by Gasteiger charge is 2.50. The first-order chi connectivity index (χ1) is 23.3. The van der Waals surface area contributed by atoms with E-state index in [4.69, 9.17) is 15.6 Å². The van der Waals surface area contributed by atoms with Crippen LogP contribution in [-0.4, -0.2) is 82.9 Å². The van der Waals surface area contributed by atoms with Gasteiger partial charge < -0.3 is 20.7 Å². The molecule has 49 heavy (non-hydrogen) atoms. The van der Waals surface area contributed by atoms with Gasteiger partial charge in [0.1, 0.15) is 29.9 Å². The number of nitrogens with zero attached hydrogens (tertiary/aromatic N) is 4. The van der Waals surface area contributed by atoms with Gasteiger partial charge in [0.15, 0.2) is 5.69 Å². The van der Waals surface area contributed by atoms with Crippen molar-refractivity contribution in [3.63, 3.8) is 0 Å². The van der Waals surface area contributed by atoms with E-state index >= 15 is 0 Å². The predicted molar refractivity (Wildman–Crippen MR) is 164 cm³/mol. The Labute approximate surface area is 277 Å². The number of hydrogen-bond donors (Lipinski definition) is 2. The molecule has 2 aromatic carbocycles. The number of rotatable bonds is 7. The molecule has 1 aromatic heterocycles. The summed E-state index contributed by atoms with van der Waals surface area (Å²) in [5.74, 6) is -5.17. The number of nitrogens with two attached hydrogens (primary N) is 1. The lowest BCUT2D eigenvalue weighted by Gasteiger charge is -2.39. The minimum absolute atomic E-state index is 0.0284. The summed E-state index contributed by atoms with van der Waals surface area (Å²) in [5.41, 5.74) is 4.23. The molecule has 0 saturated carbocycles. The van der Waals surface area contributed by atoms with Crippen molar-refractivity contribution in [2.24, 2.45) is 5.73 Å². The number of benzene rings is 2. The van der Waals surface area contributed by atoms with E-state index in [0.29, 0.717) is 32.1 Å². The number of anilines is 1. The molecule has 16 heteroatoms. The molecule has 2 saturated heterocycles. The molecule has 3 aromatic rings. The van der Waals surface area contributed by atoms with E-state index in [1.807, 2.05) is 0 Å². The lowest BCUT2D eigenvalue weighted by molar-refractivity contribution is -0.137. The van der Waals surface area contributed by atoms with Crippen molar-refractivity contribution in [2.75, 3.05) is 31.2 Å². The average molecular weight is 689 g/mol. The van der Waals surface area contributed by atoms with E-state index in [1.54, 1.807) is 6.92 Å². The molecule has 4 amide bonds. The maximum Gasteiger partial charge on any atom is 0.416 e. The van der Waals surface area contributed by atoms with Crippen molar-refractivity contribution < 1.29 is 45.9 Å². The third-order valence-electron chi connectivity index (χ3n) is 9.25. The van der Waals surface area contributed by atoms with Gasteiger partial charge in [-0.15, -0.1) is 0 Å².